The molecule has 22 heavy (non-hydrogen) atoms. The molecule has 3 rings (SSSR count). The first-order chi connectivity index (χ1) is 10.6. The summed E-state index contributed by atoms with van der Waals surface area (Å²) in [5, 5.41) is 0. The number of aromatic nitrogens is 1. The van der Waals surface area contributed by atoms with Crippen LogP contribution in [0.25, 0.3) is 0 Å². The predicted molar refractivity (Wildman–Crippen MR) is 89.1 cm³/mol. The van der Waals surface area contributed by atoms with Crippen LogP contribution in [0.5, 0.6) is 0 Å². The van der Waals surface area contributed by atoms with E-state index < -0.39 is 0 Å². The Bertz CT molecular complexity index is 514. The van der Waals surface area contributed by atoms with Crippen molar-refractivity contribution >= 4 is 11.6 Å². The molecule has 0 spiro atoms. The number of pyridine rings is 1. The van der Waals surface area contributed by atoms with Gasteiger partial charge in [0.15, 0.2) is 0 Å². The maximum Gasteiger partial charge on any atom is 0.272 e. The standard InChI is InChI=1S/C18H27N3O/c1-14-5-3-9-20(12-14)16-7-8-17(19-11-16)18(22)21-10-4-6-15(2)13-21/h7-8,11,14-15H,3-6,9-10,12-13H2,1-2H3. The highest BCUT2D eigenvalue weighted by molar-refractivity contribution is 5.92. The molecule has 2 atom stereocenters. The van der Waals surface area contributed by atoms with Gasteiger partial charge in [0.05, 0.1) is 11.9 Å². The van der Waals surface area contributed by atoms with Gasteiger partial charge in [0, 0.05) is 26.2 Å². The number of anilines is 1. The lowest BCUT2D eigenvalue weighted by Gasteiger charge is -2.33. The molecule has 0 aromatic carbocycles. The zero-order chi connectivity index (χ0) is 15.5. The summed E-state index contributed by atoms with van der Waals surface area (Å²) in [6.07, 6.45) is 6.76. The summed E-state index contributed by atoms with van der Waals surface area (Å²) in [5.74, 6) is 1.43. The number of carbonyl (C=O) groups excluding carboxylic acids is 1. The van der Waals surface area contributed by atoms with Gasteiger partial charge in [-0.05, 0) is 49.7 Å². The van der Waals surface area contributed by atoms with Crippen molar-refractivity contribution in [2.24, 2.45) is 11.8 Å². The van der Waals surface area contributed by atoms with Gasteiger partial charge in [-0.1, -0.05) is 13.8 Å². The van der Waals surface area contributed by atoms with Crippen LogP contribution in [0.1, 0.15) is 50.0 Å². The predicted octanol–water partition coefficient (Wildman–Crippen LogP) is 3.19. The third kappa shape index (κ3) is 3.42. The van der Waals surface area contributed by atoms with Crippen LogP contribution in [-0.2, 0) is 0 Å². The number of nitrogens with zero attached hydrogens (tertiary/aromatic N) is 3. The first-order valence-corrected chi connectivity index (χ1v) is 8.64. The molecule has 4 heteroatoms. The van der Waals surface area contributed by atoms with Crippen molar-refractivity contribution < 1.29 is 4.79 Å². The summed E-state index contributed by atoms with van der Waals surface area (Å²) in [5.41, 5.74) is 1.73. The lowest BCUT2D eigenvalue weighted by atomic mass is 9.99. The first kappa shape index (κ1) is 15.3. The van der Waals surface area contributed by atoms with E-state index in [1.165, 1.54) is 19.3 Å². The largest absolute Gasteiger partial charge is 0.370 e. The third-order valence-electron chi connectivity index (χ3n) is 4.93. The van der Waals surface area contributed by atoms with Crippen molar-refractivity contribution in [3.63, 3.8) is 0 Å². The Labute approximate surface area is 133 Å². The van der Waals surface area contributed by atoms with E-state index in [4.69, 9.17) is 0 Å². The lowest BCUT2D eigenvalue weighted by Crippen LogP contribution is -2.39. The molecule has 2 unspecified atom stereocenters. The minimum absolute atomic E-state index is 0.0881. The van der Waals surface area contributed by atoms with Gasteiger partial charge in [0.1, 0.15) is 5.69 Å². The highest BCUT2D eigenvalue weighted by Gasteiger charge is 2.23. The Hall–Kier alpha value is -1.58. The van der Waals surface area contributed by atoms with E-state index in [9.17, 15) is 4.79 Å². The molecule has 3 heterocycles. The number of piperidine rings is 2. The molecule has 2 fully saturated rings. The van der Waals surface area contributed by atoms with Crippen LogP contribution in [0.15, 0.2) is 18.3 Å². The Balaban J connectivity index is 1.67. The summed E-state index contributed by atoms with van der Waals surface area (Å²) in [6, 6.07) is 3.96. The van der Waals surface area contributed by atoms with E-state index in [0.717, 1.165) is 44.2 Å². The van der Waals surface area contributed by atoms with Gasteiger partial charge >= 0.3 is 0 Å². The summed E-state index contributed by atoms with van der Waals surface area (Å²) >= 11 is 0. The van der Waals surface area contributed by atoms with Gasteiger partial charge in [0.2, 0.25) is 0 Å². The van der Waals surface area contributed by atoms with Crippen molar-refractivity contribution in [2.75, 3.05) is 31.1 Å². The normalized spacial score (nSPS) is 26.1. The lowest BCUT2D eigenvalue weighted by molar-refractivity contribution is 0.0677. The number of carbonyl (C=O) groups is 1. The molecule has 1 amide bonds. The smallest absolute Gasteiger partial charge is 0.272 e. The summed E-state index contributed by atoms with van der Waals surface area (Å²) in [6.45, 7) is 8.45. The van der Waals surface area contributed by atoms with E-state index in [1.807, 2.05) is 17.2 Å². The fourth-order valence-corrected chi connectivity index (χ4v) is 3.66. The van der Waals surface area contributed by atoms with Crippen molar-refractivity contribution in [1.29, 1.82) is 0 Å². The molecule has 0 bridgehead atoms. The van der Waals surface area contributed by atoms with E-state index in [-0.39, 0.29) is 5.91 Å². The van der Waals surface area contributed by atoms with E-state index >= 15 is 0 Å². The van der Waals surface area contributed by atoms with Gasteiger partial charge in [-0.25, -0.2) is 4.98 Å². The number of likely N-dealkylation sites (tertiary alicyclic amines) is 1. The molecule has 0 radical (unpaired) electrons. The van der Waals surface area contributed by atoms with Gasteiger partial charge in [-0.3, -0.25) is 4.79 Å². The zero-order valence-corrected chi connectivity index (χ0v) is 13.8. The summed E-state index contributed by atoms with van der Waals surface area (Å²) < 4.78 is 0. The summed E-state index contributed by atoms with van der Waals surface area (Å²) in [7, 11) is 0. The third-order valence-corrected chi connectivity index (χ3v) is 4.93. The fourth-order valence-electron chi connectivity index (χ4n) is 3.66. The molecule has 0 aliphatic carbocycles. The zero-order valence-electron chi connectivity index (χ0n) is 13.8. The SMILES string of the molecule is CC1CCCN(C(=O)c2ccc(N3CCCC(C)C3)cn2)C1. The number of hydrogen-bond acceptors (Lipinski definition) is 3. The Kier molecular flexibility index (Phi) is 4.65. The maximum absolute atomic E-state index is 12.5. The number of amides is 1. The van der Waals surface area contributed by atoms with Crippen LogP contribution in [0.3, 0.4) is 0 Å². The molecule has 0 N–H and O–H groups in total. The van der Waals surface area contributed by atoms with Crippen LogP contribution >= 0.6 is 0 Å². The second-order valence-electron chi connectivity index (χ2n) is 7.09. The number of rotatable bonds is 2. The average molecular weight is 301 g/mol. The quantitative estimate of drug-likeness (QED) is 0.841. The van der Waals surface area contributed by atoms with Crippen LogP contribution < -0.4 is 4.90 Å². The minimum atomic E-state index is 0.0881. The van der Waals surface area contributed by atoms with Gasteiger partial charge in [-0.15, -0.1) is 0 Å². The van der Waals surface area contributed by atoms with Crippen molar-refractivity contribution in [3.05, 3.63) is 24.0 Å². The van der Waals surface area contributed by atoms with Crippen molar-refractivity contribution in [3.8, 4) is 0 Å². The average Bonchev–Trinajstić information content (AvgIpc) is 2.54. The second-order valence-corrected chi connectivity index (χ2v) is 7.09. The van der Waals surface area contributed by atoms with E-state index in [2.05, 4.69) is 29.8 Å². The van der Waals surface area contributed by atoms with Crippen LogP contribution in [0.2, 0.25) is 0 Å². The van der Waals surface area contributed by atoms with Crippen molar-refractivity contribution in [2.45, 2.75) is 39.5 Å². The highest BCUT2D eigenvalue weighted by Crippen LogP contribution is 2.23. The van der Waals surface area contributed by atoms with E-state index in [1.54, 1.807) is 0 Å². The summed E-state index contributed by atoms with van der Waals surface area (Å²) in [4.78, 5) is 21.3. The van der Waals surface area contributed by atoms with Crippen LogP contribution in [0, 0.1) is 11.8 Å². The molecule has 1 aromatic rings. The molecule has 2 aliphatic rings. The fraction of sp³-hybridized carbons (Fsp3) is 0.667. The molecular formula is C18H27N3O. The minimum Gasteiger partial charge on any atom is -0.370 e. The molecule has 4 nitrogen and oxygen atoms in total. The molecule has 120 valence electrons. The van der Waals surface area contributed by atoms with E-state index in [0.29, 0.717) is 11.6 Å². The number of hydrogen-bond donors (Lipinski definition) is 0. The molecule has 2 aliphatic heterocycles. The Morgan fingerprint density at radius 3 is 2.45 bits per heavy atom. The van der Waals surface area contributed by atoms with Gasteiger partial charge < -0.3 is 9.80 Å². The maximum atomic E-state index is 12.5. The molecular weight excluding hydrogens is 274 g/mol. The van der Waals surface area contributed by atoms with Crippen LogP contribution in [-0.4, -0.2) is 42.0 Å². The van der Waals surface area contributed by atoms with Crippen molar-refractivity contribution in [1.82, 2.24) is 9.88 Å². The van der Waals surface area contributed by atoms with Gasteiger partial charge in [0.25, 0.3) is 5.91 Å². The Morgan fingerprint density at radius 1 is 1.09 bits per heavy atom. The topological polar surface area (TPSA) is 36.4 Å². The van der Waals surface area contributed by atoms with Crippen LogP contribution in [0.4, 0.5) is 5.69 Å². The first-order valence-electron chi connectivity index (χ1n) is 8.64. The second kappa shape index (κ2) is 6.67. The molecule has 1 aromatic heterocycles. The molecule has 2 saturated heterocycles. The highest BCUT2D eigenvalue weighted by atomic mass is 16.2. The van der Waals surface area contributed by atoms with Gasteiger partial charge in [-0.2, -0.15) is 0 Å². The monoisotopic (exact) mass is 301 g/mol. The molecule has 0 saturated carbocycles. The Morgan fingerprint density at radius 2 is 1.82 bits per heavy atom.